The molecule has 4 rings (SSSR count). The molecule has 0 saturated heterocycles. The first-order chi connectivity index (χ1) is 14.1. The molecule has 152 valence electrons. The lowest BCUT2D eigenvalue weighted by molar-refractivity contribution is 0.102. The second-order valence-electron chi connectivity index (χ2n) is 6.78. The smallest absolute Gasteiger partial charge is 0.272 e. The molecule has 1 aliphatic heterocycles. The summed E-state index contributed by atoms with van der Waals surface area (Å²) in [5.74, 6) is 1.01. The first-order valence-electron chi connectivity index (χ1n) is 9.48. The third-order valence-corrected chi connectivity index (χ3v) is 4.85. The Kier molecular flexibility index (Phi) is 5.89. The van der Waals surface area contributed by atoms with Gasteiger partial charge in [0.25, 0.3) is 5.91 Å². The first kappa shape index (κ1) is 19.6. The molecule has 1 aliphatic rings. The maximum atomic E-state index is 12.8. The van der Waals surface area contributed by atoms with E-state index in [2.05, 4.69) is 15.6 Å². The van der Waals surface area contributed by atoms with Gasteiger partial charge < -0.3 is 30.2 Å². The third-order valence-electron chi connectivity index (χ3n) is 4.61. The Balaban J connectivity index is 1.60. The average Bonchev–Trinajstić information content (AvgIpc) is 2.98. The van der Waals surface area contributed by atoms with E-state index in [-0.39, 0.29) is 12.5 Å². The molecule has 8 heteroatoms. The van der Waals surface area contributed by atoms with Crippen molar-refractivity contribution >= 4 is 34.1 Å². The fourth-order valence-electron chi connectivity index (χ4n) is 3.28. The molecular formula is C21H22ClN3O4. The SMILES string of the molecule is O=C(Nc1cc(CNCCO)c2c(c1)OCCCO2)c1cc2cc(Cl)ccc2[nH]1. The van der Waals surface area contributed by atoms with Crippen LogP contribution in [0.1, 0.15) is 22.5 Å². The van der Waals surface area contributed by atoms with Gasteiger partial charge in [0.05, 0.1) is 19.8 Å². The van der Waals surface area contributed by atoms with Gasteiger partial charge >= 0.3 is 0 Å². The number of hydrogen-bond acceptors (Lipinski definition) is 5. The molecule has 4 N–H and O–H groups in total. The van der Waals surface area contributed by atoms with Gasteiger partial charge in [0.2, 0.25) is 0 Å². The Morgan fingerprint density at radius 3 is 2.90 bits per heavy atom. The van der Waals surface area contributed by atoms with E-state index in [4.69, 9.17) is 26.2 Å². The van der Waals surface area contributed by atoms with Gasteiger partial charge in [-0.15, -0.1) is 0 Å². The lowest BCUT2D eigenvalue weighted by Crippen LogP contribution is -2.19. The summed E-state index contributed by atoms with van der Waals surface area (Å²) in [4.78, 5) is 15.9. The molecule has 0 bridgehead atoms. The second-order valence-corrected chi connectivity index (χ2v) is 7.22. The molecule has 0 saturated carbocycles. The number of benzene rings is 2. The van der Waals surface area contributed by atoms with Gasteiger partial charge in [0.15, 0.2) is 11.5 Å². The van der Waals surface area contributed by atoms with Crippen LogP contribution in [-0.2, 0) is 6.54 Å². The van der Waals surface area contributed by atoms with Crippen molar-refractivity contribution in [1.82, 2.24) is 10.3 Å². The monoisotopic (exact) mass is 415 g/mol. The van der Waals surface area contributed by atoms with Crippen LogP contribution >= 0.6 is 11.6 Å². The summed E-state index contributed by atoms with van der Waals surface area (Å²) in [5.41, 5.74) is 2.75. The Morgan fingerprint density at radius 1 is 1.17 bits per heavy atom. The van der Waals surface area contributed by atoms with Gasteiger partial charge in [-0.05, 0) is 30.3 Å². The highest BCUT2D eigenvalue weighted by molar-refractivity contribution is 6.31. The Hall–Kier alpha value is -2.74. The summed E-state index contributed by atoms with van der Waals surface area (Å²) >= 11 is 6.03. The van der Waals surface area contributed by atoms with E-state index in [1.807, 2.05) is 18.2 Å². The molecule has 7 nitrogen and oxygen atoms in total. The zero-order valence-electron chi connectivity index (χ0n) is 15.8. The van der Waals surface area contributed by atoms with Crippen LogP contribution in [0.3, 0.4) is 0 Å². The number of fused-ring (bicyclic) bond motifs is 2. The molecule has 0 spiro atoms. The van der Waals surface area contributed by atoms with E-state index in [1.54, 1.807) is 18.2 Å². The van der Waals surface area contributed by atoms with Crippen molar-refractivity contribution in [2.24, 2.45) is 0 Å². The predicted molar refractivity (Wildman–Crippen MR) is 112 cm³/mol. The standard InChI is InChI=1S/C21H22ClN3O4/c22-15-2-3-17-13(8-15)10-18(25-17)21(27)24-16-9-14(12-23-4-5-26)20-19(11-16)28-6-1-7-29-20/h2-3,8-11,23,25-26H,1,4-7,12H2,(H,24,27). The maximum Gasteiger partial charge on any atom is 0.272 e. The van der Waals surface area contributed by atoms with Gasteiger partial charge in [0.1, 0.15) is 5.69 Å². The number of nitrogens with one attached hydrogen (secondary N) is 3. The van der Waals surface area contributed by atoms with Crippen LogP contribution in [0, 0.1) is 0 Å². The van der Waals surface area contributed by atoms with Crippen LogP contribution < -0.4 is 20.1 Å². The predicted octanol–water partition coefficient (Wildman–Crippen LogP) is 3.32. The number of H-pyrrole nitrogens is 1. The lowest BCUT2D eigenvalue weighted by atomic mass is 10.1. The number of aliphatic hydroxyl groups is 1. The van der Waals surface area contributed by atoms with E-state index in [0.717, 1.165) is 22.9 Å². The first-order valence-corrected chi connectivity index (χ1v) is 9.85. The quantitative estimate of drug-likeness (QED) is 0.463. The zero-order valence-corrected chi connectivity index (χ0v) is 16.5. The highest BCUT2D eigenvalue weighted by Crippen LogP contribution is 2.37. The molecule has 2 aromatic carbocycles. The number of rotatable bonds is 6. The number of anilines is 1. The zero-order chi connectivity index (χ0) is 20.2. The number of ether oxygens (including phenoxy) is 2. The Labute approximate surface area is 173 Å². The minimum absolute atomic E-state index is 0.0420. The fourth-order valence-corrected chi connectivity index (χ4v) is 3.46. The number of carbonyl (C=O) groups is 1. The summed E-state index contributed by atoms with van der Waals surface area (Å²) < 4.78 is 11.7. The van der Waals surface area contributed by atoms with Crippen LogP contribution in [-0.4, -0.2) is 42.4 Å². The fraction of sp³-hybridized carbons (Fsp3) is 0.286. The summed E-state index contributed by atoms with van der Waals surface area (Å²) in [6, 6.07) is 10.8. The number of carbonyl (C=O) groups excluding carboxylic acids is 1. The van der Waals surface area contributed by atoms with Gasteiger partial charge in [-0.3, -0.25) is 4.79 Å². The number of aromatic amines is 1. The van der Waals surface area contributed by atoms with Crippen molar-refractivity contribution in [1.29, 1.82) is 0 Å². The largest absolute Gasteiger partial charge is 0.489 e. The number of aromatic nitrogens is 1. The number of hydrogen-bond donors (Lipinski definition) is 4. The topological polar surface area (TPSA) is 95.6 Å². The van der Waals surface area contributed by atoms with Gasteiger partial charge in [-0.2, -0.15) is 0 Å². The molecule has 0 atom stereocenters. The van der Waals surface area contributed by atoms with Crippen LogP contribution in [0.4, 0.5) is 5.69 Å². The molecule has 3 aromatic rings. The molecule has 1 aromatic heterocycles. The van der Waals surface area contributed by atoms with Crippen molar-refractivity contribution in [2.45, 2.75) is 13.0 Å². The van der Waals surface area contributed by atoms with Crippen molar-refractivity contribution in [3.05, 3.63) is 52.7 Å². The van der Waals surface area contributed by atoms with Gasteiger partial charge in [-0.25, -0.2) is 0 Å². The van der Waals surface area contributed by atoms with E-state index in [9.17, 15) is 4.79 Å². The van der Waals surface area contributed by atoms with Crippen LogP contribution in [0.25, 0.3) is 10.9 Å². The maximum absolute atomic E-state index is 12.8. The average molecular weight is 416 g/mol. The van der Waals surface area contributed by atoms with E-state index in [0.29, 0.717) is 54.2 Å². The van der Waals surface area contributed by atoms with Crippen molar-refractivity contribution in [2.75, 3.05) is 31.7 Å². The van der Waals surface area contributed by atoms with Crippen LogP contribution in [0.5, 0.6) is 11.5 Å². The number of halogens is 1. The minimum Gasteiger partial charge on any atom is -0.489 e. The molecule has 1 amide bonds. The molecule has 0 radical (unpaired) electrons. The van der Waals surface area contributed by atoms with Crippen LogP contribution in [0.2, 0.25) is 5.02 Å². The molecular weight excluding hydrogens is 394 g/mol. The summed E-state index contributed by atoms with van der Waals surface area (Å²) in [6.07, 6.45) is 0.789. The third kappa shape index (κ3) is 4.48. The molecule has 0 unspecified atom stereocenters. The summed E-state index contributed by atoms with van der Waals surface area (Å²) in [6.45, 7) is 2.12. The molecule has 2 heterocycles. The Morgan fingerprint density at radius 2 is 2.03 bits per heavy atom. The van der Waals surface area contributed by atoms with Gasteiger partial charge in [-0.1, -0.05) is 11.6 Å². The highest BCUT2D eigenvalue weighted by atomic mass is 35.5. The van der Waals surface area contributed by atoms with E-state index < -0.39 is 0 Å². The van der Waals surface area contributed by atoms with Gasteiger partial charge in [0, 0.05) is 52.8 Å². The highest BCUT2D eigenvalue weighted by Gasteiger charge is 2.18. The normalized spacial score (nSPS) is 13.3. The van der Waals surface area contributed by atoms with Crippen molar-refractivity contribution in [3.8, 4) is 11.5 Å². The van der Waals surface area contributed by atoms with Crippen molar-refractivity contribution in [3.63, 3.8) is 0 Å². The lowest BCUT2D eigenvalue weighted by Gasteiger charge is -2.16. The molecule has 0 aliphatic carbocycles. The Bertz CT molecular complexity index is 1030. The summed E-state index contributed by atoms with van der Waals surface area (Å²) in [5, 5.41) is 16.6. The van der Waals surface area contributed by atoms with Crippen LogP contribution in [0.15, 0.2) is 36.4 Å². The number of aliphatic hydroxyl groups excluding tert-OH is 1. The minimum atomic E-state index is -0.263. The van der Waals surface area contributed by atoms with E-state index >= 15 is 0 Å². The number of amides is 1. The second kappa shape index (κ2) is 8.73. The molecule has 0 fully saturated rings. The van der Waals surface area contributed by atoms with E-state index in [1.165, 1.54) is 0 Å². The van der Waals surface area contributed by atoms with Crippen molar-refractivity contribution < 1.29 is 19.4 Å². The summed E-state index contributed by atoms with van der Waals surface area (Å²) in [7, 11) is 0. The molecule has 29 heavy (non-hydrogen) atoms.